The maximum atomic E-state index is 10.7. The van der Waals surface area contributed by atoms with Crippen LogP contribution in [-0.2, 0) is 0 Å². The molecule has 0 radical (unpaired) electrons. The first-order valence-corrected chi connectivity index (χ1v) is 9.18. The Hall–Kier alpha value is -1.00. The first kappa shape index (κ1) is 22.0. The molecule has 0 spiro atoms. The van der Waals surface area contributed by atoms with Gasteiger partial charge in [-0.15, -0.1) is 8.75 Å². The predicted octanol–water partition coefficient (Wildman–Crippen LogP) is 2.18. The first-order valence-electron chi connectivity index (χ1n) is 8.45. The lowest BCUT2D eigenvalue weighted by Crippen LogP contribution is -2.58. The number of nitrogens with zero attached hydrogens (tertiary/aromatic N) is 2. The minimum atomic E-state index is -1.63. The minimum absolute atomic E-state index is 0.0219. The molecule has 2 atom stereocenters. The zero-order chi connectivity index (χ0) is 19.5. The molecule has 0 amide bonds. The van der Waals surface area contributed by atoms with Gasteiger partial charge < -0.3 is 19.7 Å². The zero-order valence-electron chi connectivity index (χ0n) is 16.4. The monoisotopic (exact) mass is 376 g/mol. The van der Waals surface area contributed by atoms with Crippen molar-refractivity contribution in [2.75, 3.05) is 0 Å². The molecule has 0 aliphatic heterocycles. The van der Waals surface area contributed by atoms with Crippen molar-refractivity contribution in [1.29, 1.82) is 0 Å². The molecule has 1 heterocycles. The van der Waals surface area contributed by atoms with Gasteiger partial charge in [0, 0.05) is 23.9 Å². The van der Waals surface area contributed by atoms with E-state index in [0.29, 0.717) is 0 Å². The average Bonchev–Trinajstić information content (AvgIpc) is 2.81. The van der Waals surface area contributed by atoms with Crippen molar-refractivity contribution in [1.82, 2.24) is 19.4 Å². The summed E-state index contributed by atoms with van der Waals surface area (Å²) in [6, 6.07) is 0. The van der Waals surface area contributed by atoms with Crippen molar-refractivity contribution in [3.8, 4) is 11.8 Å². The van der Waals surface area contributed by atoms with Crippen molar-refractivity contribution in [3.63, 3.8) is 0 Å². The number of aromatic nitrogens is 2. The topological polar surface area (TPSA) is 109 Å². The van der Waals surface area contributed by atoms with Gasteiger partial charge in [-0.25, -0.2) is 0 Å². The van der Waals surface area contributed by atoms with E-state index in [4.69, 9.17) is 9.47 Å². The normalized spacial score (nSPS) is 17.7. The molecule has 0 bridgehead atoms. The van der Waals surface area contributed by atoms with E-state index in [1.807, 2.05) is 41.5 Å². The second-order valence-corrected chi connectivity index (χ2v) is 8.63. The van der Waals surface area contributed by atoms with Gasteiger partial charge in [0.15, 0.2) is 0 Å². The van der Waals surface area contributed by atoms with Crippen LogP contribution in [0.5, 0.6) is 11.8 Å². The molecule has 0 aliphatic rings. The fourth-order valence-electron chi connectivity index (χ4n) is 2.16. The van der Waals surface area contributed by atoms with Gasteiger partial charge in [0.25, 0.3) is 23.6 Å². The average molecular weight is 377 g/mol. The molecule has 9 heteroatoms. The molecule has 146 valence electrons. The lowest BCUT2D eigenvalue weighted by molar-refractivity contribution is -0.194. The molecule has 0 aliphatic carbocycles. The Kier molecular flexibility index (Phi) is 6.80. The summed E-state index contributed by atoms with van der Waals surface area (Å²) in [6.45, 7) is 15.0. The summed E-state index contributed by atoms with van der Waals surface area (Å²) < 4.78 is 19.3. The largest absolute Gasteiger partial charge is 0.426 e. The maximum absolute atomic E-state index is 10.7. The van der Waals surface area contributed by atoms with Crippen LogP contribution in [0.15, 0.2) is 0 Å². The van der Waals surface area contributed by atoms with E-state index in [0.717, 1.165) is 11.7 Å². The Labute approximate surface area is 154 Å². The van der Waals surface area contributed by atoms with E-state index in [2.05, 4.69) is 19.4 Å². The third-order valence-electron chi connectivity index (χ3n) is 3.06. The first-order chi connectivity index (χ1) is 11.2. The molecular weight excluding hydrogens is 344 g/mol. The van der Waals surface area contributed by atoms with E-state index in [9.17, 15) is 10.2 Å². The molecule has 0 saturated carbocycles. The standard InChI is InChI=1S/C16H32N4O4S/c1-9-15(21,19-13(3,4)5)23-11-12(18-25-17-11)24-16(22,10-2)20-14(6,7)8/h19-22H,9-10H2,1-8H3. The van der Waals surface area contributed by atoms with E-state index in [1.165, 1.54) is 0 Å². The molecule has 1 rings (SSSR count). The van der Waals surface area contributed by atoms with Crippen LogP contribution < -0.4 is 20.1 Å². The van der Waals surface area contributed by atoms with Crippen LogP contribution in [0.2, 0.25) is 0 Å². The van der Waals surface area contributed by atoms with Gasteiger partial charge in [0.2, 0.25) is 0 Å². The van der Waals surface area contributed by atoms with Crippen molar-refractivity contribution in [2.24, 2.45) is 0 Å². The fraction of sp³-hybridized carbons (Fsp3) is 0.875. The van der Waals surface area contributed by atoms with Crippen LogP contribution in [0.4, 0.5) is 0 Å². The Morgan fingerprint density at radius 2 is 1.12 bits per heavy atom. The molecule has 4 N–H and O–H groups in total. The van der Waals surface area contributed by atoms with Gasteiger partial charge in [-0.1, -0.05) is 13.8 Å². The summed E-state index contributed by atoms with van der Waals surface area (Å²) in [4.78, 5) is 0. The summed E-state index contributed by atoms with van der Waals surface area (Å²) in [5.74, 6) is -3.22. The molecule has 1 aromatic rings. The lowest BCUT2D eigenvalue weighted by atomic mass is 10.1. The third-order valence-corrected chi connectivity index (χ3v) is 3.56. The summed E-state index contributed by atoms with van der Waals surface area (Å²) in [5.41, 5.74) is -0.764. The zero-order valence-corrected chi connectivity index (χ0v) is 17.2. The summed E-state index contributed by atoms with van der Waals surface area (Å²) >= 11 is 0.877. The predicted molar refractivity (Wildman–Crippen MR) is 97.4 cm³/mol. The molecule has 0 aromatic carbocycles. The van der Waals surface area contributed by atoms with E-state index in [-0.39, 0.29) is 35.7 Å². The molecule has 2 unspecified atom stereocenters. The Balaban J connectivity index is 2.98. The highest BCUT2D eigenvalue weighted by molar-refractivity contribution is 6.99. The molecule has 0 fully saturated rings. The number of hydrogen-bond donors (Lipinski definition) is 4. The van der Waals surface area contributed by atoms with Crippen LogP contribution in [0.1, 0.15) is 68.2 Å². The molecular formula is C16H32N4O4S. The van der Waals surface area contributed by atoms with Gasteiger partial charge in [-0.3, -0.25) is 10.6 Å². The van der Waals surface area contributed by atoms with Crippen LogP contribution >= 0.6 is 11.7 Å². The Morgan fingerprint density at radius 3 is 1.36 bits per heavy atom. The fourth-order valence-corrected chi connectivity index (χ4v) is 2.58. The second kappa shape index (κ2) is 7.71. The minimum Gasteiger partial charge on any atom is -0.426 e. The van der Waals surface area contributed by atoms with E-state index >= 15 is 0 Å². The summed E-state index contributed by atoms with van der Waals surface area (Å²) in [6.07, 6.45) is 0.555. The van der Waals surface area contributed by atoms with Crippen LogP contribution in [-0.4, -0.2) is 41.9 Å². The molecule has 1 aromatic heterocycles. The Morgan fingerprint density at radius 1 is 0.800 bits per heavy atom. The number of hydrogen-bond acceptors (Lipinski definition) is 9. The lowest BCUT2D eigenvalue weighted by Gasteiger charge is -2.36. The second-order valence-electron chi connectivity index (χ2n) is 8.10. The Bertz CT molecular complexity index is 509. The van der Waals surface area contributed by atoms with Gasteiger partial charge in [0.05, 0.1) is 11.7 Å². The van der Waals surface area contributed by atoms with E-state index in [1.54, 1.807) is 13.8 Å². The SMILES string of the molecule is CCC(O)(NC(C)(C)C)Oc1nsnc1OC(O)(CC)NC(C)(C)C. The van der Waals surface area contributed by atoms with Gasteiger partial charge in [-0.2, -0.15) is 0 Å². The number of nitrogens with one attached hydrogen (secondary N) is 2. The van der Waals surface area contributed by atoms with Crippen molar-refractivity contribution in [2.45, 2.75) is 91.1 Å². The highest BCUT2D eigenvalue weighted by Gasteiger charge is 2.37. The van der Waals surface area contributed by atoms with Crippen molar-refractivity contribution >= 4 is 11.7 Å². The number of rotatable bonds is 8. The quantitative estimate of drug-likeness (QED) is 0.511. The third kappa shape index (κ3) is 7.41. The molecule has 8 nitrogen and oxygen atoms in total. The smallest absolute Gasteiger partial charge is 0.294 e. The van der Waals surface area contributed by atoms with E-state index < -0.39 is 11.8 Å². The van der Waals surface area contributed by atoms with Gasteiger partial charge in [-0.05, 0) is 41.5 Å². The number of aliphatic hydroxyl groups is 2. The molecule has 0 saturated heterocycles. The maximum Gasteiger partial charge on any atom is 0.294 e. The van der Waals surface area contributed by atoms with Crippen molar-refractivity contribution in [3.05, 3.63) is 0 Å². The summed E-state index contributed by atoms with van der Waals surface area (Å²) in [5, 5.41) is 27.3. The van der Waals surface area contributed by atoms with Gasteiger partial charge in [0.1, 0.15) is 0 Å². The van der Waals surface area contributed by atoms with Crippen LogP contribution in [0.25, 0.3) is 0 Å². The highest BCUT2D eigenvalue weighted by Crippen LogP contribution is 2.31. The highest BCUT2D eigenvalue weighted by atomic mass is 32.1. The molecule has 25 heavy (non-hydrogen) atoms. The van der Waals surface area contributed by atoms with Crippen LogP contribution in [0, 0.1) is 0 Å². The van der Waals surface area contributed by atoms with Crippen LogP contribution in [0.3, 0.4) is 0 Å². The van der Waals surface area contributed by atoms with Crippen molar-refractivity contribution < 1.29 is 19.7 Å². The number of ether oxygens (including phenoxy) is 2. The summed E-state index contributed by atoms with van der Waals surface area (Å²) in [7, 11) is 0. The van der Waals surface area contributed by atoms with Gasteiger partial charge >= 0.3 is 0 Å².